The van der Waals surface area contributed by atoms with E-state index in [-0.39, 0.29) is 5.41 Å². The normalized spacial score (nSPS) is 22.5. The molecule has 0 atom stereocenters. The fraction of sp³-hybridized carbons (Fsp3) is 0.688. The van der Waals surface area contributed by atoms with Crippen molar-refractivity contribution >= 4 is 0 Å². The topological polar surface area (TPSA) is 49.6 Å². The van der Waals surface area contributed by atoms with Crippen LogP contribution >= 0.6 is 0 Å². The summed E-state index contributed by atoms with van der Waals surface area (Å²) in [5, 5.41) is 9.45. The van der Waals surface area contributed by atoms with Crippen molar-refractivity contribution in [3.63, 3.8) is 0 Å². The third kappa shape index (κ3) is 2.25. The second kappa shape index (κ2) is 4.92. The highest BCUT2D eigenvalue weighted by Gasteiger charge is 2.42. The van der Waals surface area contributed by atoms with Crippen LogP contribution in [0.15, 0.2) is 6.07 Å². The largest absolute Gasteiger partial charge is 0.236 e. The molecule has 2 aliphatic rings. The number of hydrogen-bond acceptors (Lipinski definition) is 3. The Morgan fingerprint density at radius 3 is 2.47 bits per heavy atom. The van der Waals surface area contributed by atoms with Gasteiger partial charge in [-0.15, -0.1) is 0 Å². The van der Waals surface area contributed by atoms with E-state index in [1.165, 1.54) is 37.8 Å². The first-order chi connectivity index (χ1) is 9.23. The molecule has 3 nitrogen and oxygen atoms in total. The highest BCUT2D eigenvalue weighted by Crippen LogP contribution is 2.42. The third-order valence-electron chi connectivity index (χ3n) is 4.75. The average Bonchev–Trinajstić information content (AvgIpc) is 2.39. The van der Waals surface area contributed by atoms with Gasteiger partial charge in [-0.1, -0.05) is 19.3 Å². The maximum absolute atomic E-state index is 9.45. The maximum atomic E-state index is 9.45. The van der Waals surface area contributed by atoms with Gasteiger partial charge in [0.1, 0.15) is 11.2 Å². The molecule has 1 aromatic rings. The molecule has 2 saturated carbocycles. The van der Waals surface area contributed by atoms with Gasteiger partial charge in [-0.25, -0.2) is 9.97 Å². The van der Waals surface area contributed by atoms with Crippen molar-refractivity contribution in [3.05, 3.63) is 23.3 Å². The second-order valence-corrected chi connectivity index (χ2v) is 6.14. The number of aromatic nitrogens is 2. The Bertz CT molecular complexity index is 505. The van der Waals surface area contributed by atoms with Crippen LogP contribution in [0.2, 0.25) is 0 Å². The predicted molar refractivity (Wildman–Crippen MR) is 73.7 cm³/mol. The van der Waals surface area contributed by atoms with Crippen LogP contribution in [0.5, 0.6) is 0 Å². The van der Waals surface area contributed by atoms with E-state index in [0.29, 0.717) is 5.92 Å². The molecule has 2 fully saturated rings. The highest BCUT2D eigenvalue weighted by molar-refractivity contribution is 5.28. The number of nitriles is 1. The van der Waals surface area contributed by atoms with Crippen molar-refractivity contribution in [1.82, 2.24) is 9.97 Å². The fourth-order valence-corrected chi connectivity index (χ4v) is 3.33. The summed E-state index contributed by atoms with van der Waals surface area (Å²) in [5.74, 6) is 1.38. The maximum Gasteiger partial charge on any atom is 0.149 e. The molecule has 0 unspecified atom stereocenters. The fourth-order valence-electron chi connectivity index (χ4n) is 3.33. The highest BCUT2D eigenvalue weighted by atomic mass is 14.9. The molecule has 0 N–H and O–H groups in total. The van der Waals surface area contributed by atoms with Crippen molar-refractivity contribution in [3.8, 4) is 6.07 Å². The van der Waals surface area contributed by atoms with Crippen molar-refractivity contribution in [2.45, 2.75) is 69.6 Å². The first-order valence-corrected chi connectivity index (χ1v) is 7.51. The lowest BCUT2D eigenvalue weighted by Crippen LogP contribution is -2.35. The second-order valence-electron chi connectivity index (χ2n) is 6.14. The molecule has 100 valence electrons. The molecule has 1 heterocycles. The SMILES string of the molecule is Cc1cc(C2CCCCC2)nc(C2(C#N)CCC2)n1. The molecular weight excluding hydrogens is 234 g/mol. The monoisotopic (exact) mass is 255 g/mol. The molecule has 2 aliphatic carbocycles. The van der Waals surface area contributed by atoms with Gasteiger partial charge in [0.05, 0.1) is 6.07 Å². The molecule has 3 rings (SSSR count). The molecule has 0 spiro atoms. The van der Waals surface area contributed by atoms with Gasteiger partial charge in [0.25, 0.3) is 0 Å². The molecule has 0 aliphatic heterocycles. The Labute approximate surface area is 115 Å². The van der Waals surface area contributed by atoms with Gasteiger partial charge in [0, 0.05) is 17.3 Å². The van der Waals surface area contributed by atoms with Crippen molar-refractivity contribution in [2.75, 3.05) is 0 Å². The van der Waals surface area contributed by atoms with Crippen LogP contribution < -0.4 is 0 Å². The zero-order valence-corrected chi connectivity index (χ0v) is 11.7. The molecular formula is C16H21N3. The van der Waals surface area contributed by atoms with E-state index in [1.54, 1.807) is 0 Å². The van der Waals surface area contributed by atoms with E-state index in [9.17, 15) is 5.26 Å². The average molecular weight is 255 g/mol. The molecule has 3 heteroatoms. The van der Waals surface area contributed by atoms with Crippen LogP contribution in [0.1, 0.15) is 74.5 Å². The Morgan fingerprint density at radius 1 is 1.16 bits per heavy atom. The number of rotatable bonds is 2. The van der Waals surface area contributed by atoms with Crippen molar-refractivity contribution < 1.29 is 0 Å². The first-order valence-electron chi connectivity index (χ1n) is 7.51. The van der Waals surface area contributed by atoms with Crippen molar-refractivity contribution in [2.24, 2.45) is 0 Å². The lowest BCUT2D eigenvalue weighted by molar-refractivity contribution is 0.304. The molecule has 0 amide bonds. The summed E-state index contributed by atoms with van der Waals surface area (Å²) >= 11 is 0. The molecule has 1 aromatic heterocycles. The van der Waals surface area contributed by atoms with Gasteiger partial charge in [-0.3, -0.25) is 0 Å². The predicted octanol–water partition coefficient (Wildman–Crippen LogP) is 3.78. The van der Waals surface area contributed by atoms with Crippen molar-refractivity contribution in [1.29, 1.82) is 5.26 Å². The zero-order chi connectivity index (χ0) is 13.3. The van der Waals surface area contributed by atoms with E-state index >= 15 is 0 Å². The summed E-state index contributed by atoms with van der Waals surface area (Å²) in [4.78, 5) is 9.35. The molecule has 0 radical (unpaired) electrons. The Morgan fingerprint density at radius 2 is 1.89 bits per heavy atom. The smallest absolute Gasteiger partial charge is 0.149 e. The Balaban J connectivity index is 1.94. The summed E-state index contributed by atoms with van der Waals surface area (Å²) in [6, 6.07) is 4.59. The lowest BCUT2D eigenvalue weighted by atomic mass is 9.69. The minimum Gasteiger partial charge on any atom is -0.236 e. The van der Waals surface area contributed by atoms with E-state index in [0.717, 1.165) is 30.8 Å². The number of nitrogens with zero attached hydrogens (tertiary/aromatic N) is 3. The van der Waals surface area contributed by atoms with Gasteiger partial charge in [-0.05, 0) is 45.1 Å². The number of aryl methyl sites for hydroxylation is 1. The van der Waals surface area contributed by atoms with Gasteiger partial charge < -0.3 is 0 Å². The Kier molecular flexibility index (Phi) is 3.26. The summed E-state index contributed by atoms with van der Waals surface area (Å²) in [6.07, 6.45) is 9.46. The number of hydrogen-bond donors (Lipinski definition) is 0. The van der Waals surface area contributed by atoms with E-state index < -0.39 is 0 Å². The van der Waals surface area contributed by atoms with Gasteiger partial charge in [0.2, 0.25) is 0 Å². The lowest BCUT2D eigenvalue weighted by Gasteiger charge is -2.34. The minimum absolute atomic E-state index is 0.380. The molecule has 19 heavy (non-hydrogen) atoms. The van der Waals surface area contributed by atoms with E-state index in [1.807, 2.05) is 6.92 Å². The van der Waals surface area contributed by atoms with Crippen LogP contribution in [-0.4, -0.2) is 9.97 Å². The van der Waals surface area contributed by atoms with E-state index in [2.05, 4.69) is 17.1 Å². The zero-order valence-electron chi connectivity index (χ0n) is 11.7. The quantitative estimate of drug-likeness (QED) is 0.808. The van der Waals surface area contributed by atoms with E-state index in [4.69, 9.17) is 4.98 Å². The van der Waals surface area contributed by atoms with Gasteiger partial charge >= 0.3 is 0 Å². The van der Waals surface area contributed by atoms with Gasteiger partial charge in [0.15, 0.2) is 0 Å². The standard InChI is InChI=1S/C16H21N3/c1-12-10-14(13-6-3-2-4-7-13)19-15(18-12)16(11-17)8-5-9-16/h10,13H,2-9H2,1H3. The van der Waals surface area contributed by atoms with Crippen LogP contribution in [0.25, 0.3) is 0 Å². The molecule has 0 aromatic carbocycles. The van der Waals surface area contributed by atoms with Gasteiger partial charge in [-0.2, -0.15) is 5.26 Å². The summed E-state index contributed by atoms with van der Waals surface area (Å²) < 4.78 is 0. The van der Waals surface area contributed by atoms with Crippen LogP contribution in [0.4, 0.5) is 0 Å². The summed E-state index contributed by atoms with van der Waals surface area (Å²) in [7, 11) is 0. The molecule has 0 saturated heterocycles. The van der Waals surface area contributed by atoms with Crippen LogP contribution in [0, 0.1) is 18.3 Å². The van der Waals surface area contributed by atoms with Crippen LogP contribution in [-0.2, 0) is 5.41 Å². The third-order valence-corrected chi connectivity index (χ3v) is 4.75. The minimum atomic E-state index is -0.380. The summed E-state index contributed by atoms with van der Waals surface area (Å²) in [6.45, 7) is 2.03. The summed E-state index contributed by atoms with van der Waals surface area (Å²) in [5.41, 5.74) is 1.82. The van der Waals surface area contributed by atoms with Crippen LogP contribution in [0.3, 0.4) is 0 Å². The molecule has 0 bridgehead atoms. The first kappa shape index (κ1) is 12.6. The Hall–Kier alpha value is -1.43.